The lowest BCUT2D eigenvalue weighted by molar-refractivity contribution is 0.515. The van der Waals surface area contributed by atoms with Crippen LogP contribution in [0.3, 0.4) is 0 Å². The number of halogens is 3. The summed E-state index contributed by atoms with van der Waals surface area (Å²) in [6.45, 7) is 1.50. The van der Waals surface area contributed by atoms with Gasteiger partial charge in [0.2, 0.25) is 0 Å². The Bertz CT molecular complexity index is 838. The Hall–Kier alpha value is -1.10. The molecule has 2 aromatic rings. The number of thiazole rings is 1. The predicted molar refractivity (Wildman–Crippen MR) is 92.0 cm³/mol. The van der Waals surface area contributed by atoms with E-state index in [1.165, 1.54) is 22.2 Å². The molecule has 1 aliphatic heterocycles. The Balaban J connectivity index is 1.95. The zero-order valence-corrected chi connectivity index (χ0v) is 15.6. The molecular weight excluding hydrogens is 424 g/mol. The number of hydrogen-bond donors (Lipinski definition) is 2. The molecule has 3 rings (SSSR count). The summed E-state index contributed by atoms with van der Waals surface area (Å²) in [7, 11) is -4.19. The third-order valence-electron chi connectivity index (χ3n) is 3.67. The molecule has 1 fully saturated rings. The first-order valence-electron chi connectivity index (χ1n) is 7.13. The average Bonchev–Trinajstić information content (AvgIpc) is 3.17. The number of hydrogen-bond acceptors (Lipinski definition) is 6. The summed E-state index contributed by atoms with van der Waals surface area (Å²) in [4.78, 5) is 2.93. The van der Waals surface area contributed by atoms with Gasteiger partial charge in [0, 0.05) is 18.0 Å². The molecule has 1 aliphatic rings. The second-order valence-electron chi connectivity index (χ2n) is 5.44. The minimum atomic E-state index is -4.19. The van der Waals surface area contributed by atoms with Crippen LogP contribution in [0.5, 0.6) is 0 Å². The monoisotopic (exact) mass is 437 g/mol. The molecule has 130 valence electrons. The minimum absolute atomic E-state index is 0.0394. The standard InChI is InChI=1S/C14H14BrF2N3O2S2/c15-12-11(20-8-1-2-18-4-8)3-10(16)14(13(12)17)24(21,22)6-9-5-23-7-19-9/h3,5,7-8,18,20H,1-2,4,6H2/t8-/m0/s1. The van der Waals surface area contributed by atoms with Gasteiger partial charge in [0.15, 0.2) is 15.7 Å². The van der Waals surface area contributed by atoms with Crippen molar-refractivity contribution in [2.75, 3.05) is 18.4 Å². The largest absolute Gasteiger partial charge is 0.380 e. The van der Waals surface area contributed by atoms with E-state index in [9.17, 15) is 17.2 Å². The molecular formula is C14H14BrF2N3O2S2. The summed E-state index contributed by atoms with van der Waals surface area (Å²) in [5, 5.41) is 7.69. The maximum absolute atomic E-state index is 14.6. The molecule has 0 spiro atoms. The van der Waals surface area contributed by atoms with E-state index in [2.05, 4.69) is 31.5 Å². The molecule has 1 aromatic heterocycles. The SMILES string of the molecule is O=S(=O)(Cc1cscn1)c1c(F)cc(N[C@H]2CCNC2)c(Br)c1F. The molecule has 0 aliphatic carbocycles. The van der Waals surface area contributed by atoms with Crippen molar-refractivity contribution >= 4 is 42.8 Å². The van der Waals surface area contributed by atoms with Crippen molar-refractivity contribution < 1.29 is 17.2 Å². The van der Waals surface area contributed by atoms with Crippen molar-refractivity contribution in [1.29, 1.82) is 0 Å². The maximum atomic E-state index is 14.6. The summed E-state index contributed by atoms with van der Waals surface area (Å²) < 4.78 is 53.6. The fraction of sp³-hybridized carbons (Fsp3) is 0.357. The summed E-state index contributed by atoms with van der Waals surface area (Å²) in [5.41, 5.74) is 1.93. The highest BCUT2D eigenvalue weighted by Gasteiger charge is 2.29. The Labute approximate surface area is 150 Å². The molecule has 2 heterocycles. The van der Waals surface area contributed by atoms with Crippen molar-refractivity contribution in [1.82, 2.24) is 10.3 Å². The van der Waals surface area contributed by atoms with Gasteiger partial charge in [0.05, 0.1) is 27.1 Å². The molecule has 10 heteroatoms. The average molecular weight is 438 g/mol. The number of sulfone groups is 1. The van der Waals surface area contributed by atoms with E-state index in [0.29, 0.717) is 6.54 Å². The fourth-order valence-corrected chi connectivity index (χ4v) is 5.19. The Morgan fingerprint density at radius 2 is 2.25 bits per heavy atom. The number of nitrogens with one attached hydrogen (secondary N) is 2. The second-order valence-corrected chi connectivity index (χ2v) is 8.87. The lowest BCUT2D eigenvalue weighted by atomic mass is 10.2. The minimum Gasteiger partial charge on any atom is -0.380 e. The van der Waals surface area contributed by atoms with E-state index in [1.54, 1.807) is 0 Å². The molecule has 0 saturated carbocycles. The van der Waals surface area contributed by atoms with Crippen LogP contribution in [0.25, 0.3) is 0 Å². The van der Waals surface area contributed by atoms with Gasteiger partial charge < -0.3 is 10.6 Å². The van der Waals surface area contributed by atoms with Crippen molar-refractivity contribution in [3.63, 3.8) is 0 Å². The Morgan fingerprint density at radius 3 is 2.88 bits per heavy atom. The van der Waals surface area contributed by atoms with Crippen molar-refractivity contribution in [2.24, 2.45) is 0 Å². The van der Waals surface area contributed by atoms with Crippen molar-refractivity contribution in [3.05, 3.63) is 38.8 Å². The van der Waals surface area contributed by atoms with Gasteiger partial charge in [-0.3, -0.25) is 0 Å². The highest BCUT2D eigenvalue weighted by atomic mass is 79.9. The van der Waals surface area contributed by atoms with Crippen LogP contribution in [0.1, 0.15) is 12.1 Å². The van der Waals surface area contributed by atoms with E-state index in [0.717, 1.165) is 19.0 Å². The van der Waals surface area contributed by atoms with Gasteiger partial charge >= 0.3 is 0 Å². The first-order valence-corrected chi connectivity index (χ1v) is 10.5. The predicted octanol–water partition coefficient (Wildman–Crippen LogP) is 2.93. The number of benzene rings is 1. The Morgan fingerprint density at radius 1 is 1.46 bits per heavy atom. The fourth-order valence-electron chi connectivity index (χ4n) is 2.54. The molecule has 0 amide bonds. The second kappa shape index (κ2) is 7.03. The smallest absolute Gasteiger partial charge is 0.189 e. The normalized spacial score (nSPS) is 18.0. The molecule has 24 heavy (non-hydrogen) atoms. The molecule has 1 atom stereocenters. The molecule has 0 bridgehead atoms. The quantitative estimate of drug-likeness (QED) is 0.703. The van der Waals surface area contributed by atoms with Gasteiger partial charge in [-0.1, -0.05) is 0 Å². The van der Waals surface area contributed by atoms with E-state index < -0.39 is 32.1 Å². The highest BCUT2D eigenvalue weighted by Crippen LogP contribution is 2.34. The molecule has 5 nitrogen and oxygen atoms in total. The maximum Gasteiger partial charge on any atom is 0.189 e. The number of aromatic nitrogens is 1. The van der Waals surface area contributed by atoms with Gasteiger partial charge in [0.25, 0.3) is 0 Å². The summed E-state index contributed by atoms with van der Waals surface area (Å²) in [6, 6.07) is 1.05. The number of rotatable bonds is 5. The number of anilines is 1. The molecule has 0 radical (unpaired) electrons. The van der Waals surface area contributed by atoms with E-state index in [4.69, 9.17) is 0 Å². The molecule has 1 aromatic carbocycles. The summed E-state index contributed by atoms with van der Waals surface area (Å²) in [6.07, 6.45) is 0.819. The van der Waals surface area contributed by atoms with Gasteiger partial charge in [-0.25, -0.2) is 22.2 Å². The van der Waals surface area contributed by atoms with Crippen LogP contribution in [0, 0.1) is 11.6 Å². The van der Waals surface area contributed by atoms with Crippen LogP contribution in [0.15, 0.2) is 26.3 Å². The van der Waals surface area contributed by atoms with Crippen LogP contribution in [0.2, 0.25) is 0 Å². The van der Waals surface area contributed by atoms with E-state index in [-0.39, 0.29) is 21.9 Å². The third-order valence-corrected chi connectivity index (χ3v) is 6.75. The van der Waals surface area contributed by atoms with Crippen LogP contribution < -0.4 is 10.6 Å². The van der Waals surface area contributed by atoms with Crippen LogP contribution in [0.4, 0.5) is 14.5 Å². The van der Waals surface area contributed by atoms with Crippen molar-refractivity contribution in [3.8, 4) is 0 Å². The van der Waals surface area contributed by atoms with Crippen LogP contribution >= 0.6 is 27.3 Å². The molecule has 2 N–H and O–H groups in total. The summed E-state index contributed by atoms with van der Waals surface area (Å²) >= 11 is 4.26. The van der Waals surface area contributed by atoms with Gasteiger partial charge in [-0.15, -0.1) is 11.3 Å². The van der Waals surface area contributed by atoms with Gasteiger partial charge in [-0.05, 0) is 35.0 Å². The zero-order valence-electron chi connectivity index (χ0n) is 12.4. The lowest BCUT2D eigenvalue weighted by Gasteiger charge is -2.17. The first-order chi connectivity index (χ1) is 11.4. The van der Waals surface area contributed by atoms with Gasteiger partial charge in [-0.2, -0.15) is 0 Å². The first kappa shape index (κ1) is 17.7. The van der Waals surface area contributed by atoms with E-state index >= 15 is 0 Å². The van der Waals surface area contributed by atoms with Crippen LogP contribution in [-0.2, 0) is 15.6 Å². The zero-order chi connectivity index (χ0) is 17.3. The topological polar surface area (TPSA) is 71.1 Å². The Kier molecular flexibility index (Phi) is 5.19. The highest BCUT2D eigenvalue weighted by molar-refractivity contribution is 9.10. The number of nitrogens with zero attached hydrogens (tertiary/aromatic N) is 1. The van der Waals surface area contributed by atoms with Crippen molar-refractivity contribution in [2.45, 2.75) is 23.1 Å². The summed E-state index contributed by atoms with van der Waals surface area (Å²) in [5.74, 6) is -2.78. The van der Waals surface area contributed by atoms with Gasteiger partial charge in [0.1, 0.15) is 10.7 Å². The lowest BCUT2D eigenvalue weighted by Crippen LogP contribution is -2.23. The molecule has 0 unspecified atom stereocenters. The molecule has 1 saturated heterocycles. The van der Waals surface area contributed by atoms with E-state index in [1.807, 2.05) is 0 Å². The van der Waals surface area contributed by atoms with Crippen LogP contribution in [-0.4, -0.2) is 32.5 Å². The third kappa shape index (κ3) is 3.61.